The Morgan fingerprint density at radius 1 is 1.00 bits per heavy atom. The fourth-order valence-corrected chi connectivity index (χ4v) is 4.92. The Balaban J connectivity index is 1.86. The number of hydrogen-bond acceptors (Lipinski definition) is 5. The van der Waals surface area contributed by atoms with Crippen LogP contribution in [0, 0.1) is 0 Å². The van der Waals surface area contributed by atoms with E-state index in [0.29, 0.717) is 0 Å². The average molecular weight is 383 g/mol. The smallest absolute Gasteiger partial charge is 0.127 e. The van der Waals surface area contributed by atoms with E-state index < -0.39 is 0 Å². The molecule has 0 bridgehead atoms. The van der Waals surface area contributed by atoms with Crippen LogP contribution in [0.3, 0.4) is 0 Å². The number of hydrogen-bond donors (Lipinski definition) is 1. The first kappa shape index (κ1) is 18.3. The number of methoxy groups -OCH3 is 2. The molecule has 1 atom stereocenters. The van der Waals surface area contributed by atoms with Crippen molar-refractivity contribution in [3.05, 3.63) is 59.0 Å². The van der Waals surface area contributed by atoms with Crippen molar-refractivity contribution in [2.75, 3.05) is 40.4 Å². The summed E-state index contributed by atoms with van der Waals surface area (Å²) in [5.41, 5.74) is 2.56. The molecular formula is C22H26N2O2S. The molecule has 1 N–H and O–H groups in total. The predicted octanol–water partition coefficient (Wildman–Crippen LogP) is 4.30. The molecule has 5 heteroatoms. The minimum Gasteiger partial charge on any atom is -0.497 e. The van der Waals surface area contributed by atoms with Gasteiger partial charge < -0.3 is 14.8 Å². The lowest BCUT2D eigenvalue weighted by molar-refractivity contribution is 0.237. The number of fused-ring (bicyclic) bond motifs is 1. The van der Waals surface area contributed by atoms with Crippen LogP contribution in [0.25, 0.3) is 10.1 Å². The zero-order valence-corrected chi connectivity index (χ0v) is 16.7. The fourth-order valence-electron chi connectivity index (χ4n) is 3.94. The van der Waals surface area contributed by atoms with E-state index >= 15 is 0 Å². The van der Waals surface area contributed by atoms with Crippen LogP contribution < -0.4 is 14.8 Å². The van der Waals surface area contributed by atoms with Gasteiger partial charge in [0.05, 0.1) is 20.3 Å². The van der Waals surface area contributed by atoms with Crippen molar-refractivity contribution in [3.63, 3.8) is 0 Å². The van der Waals surface area contributed by atoms with E-state index in [-0.39, 0.29) is 6.04 Å². The molecule has 3 aromatic rings. The summed E-state index contributed by atoms with van der Waals surface area (Å²) >= 11 is 1.82. The van der Waals surface area contributed by atoms with Gasteiger partial charge in [0, 0.05) is 36.0 Å². The Labute approximate surface area is 164 Å². The van der Waals surface area contributed by atoms with Crippen molar-refractivity contribution in [1.29, 1.82) is 0 Å². The summed E-state index contributed by atoms with van der Waals surface area (Å²) in [5.74, 6) is 1.70. The summed E-state index contributed by atoms with van der Waals surface area (Å²) in [6.07, 6.45) is 1.15. The second kappa shape index (κ2) is 8.30. The van der Waals surface area contributed by atoms with E-state index in [1.54, 1.807) is 14.2 Å². The number of nitrogens with zero attached hydrogens (tertiary/aromatic N) is 1. The van der Waals surface area contributed by atoms with Crippen LogP contribution in [-0.4, -0.2) is 45.3 Å². The van der Waals surface area contributed by atoms with Gasteiger partial charge in [-0.25, -0.2) is 0 Å². The van der Waals surface area contributed by atoms with Crippen LogP contribution >= 0.6 is 11.3 Å². The van der Waals surface area contributed by atoms with Gasteiger partial charge in [0.1, 0.15) is 11.5 Å². The summed E-state index contributed by atoms with van der Waals surface area (Å²) in [6.45, 7) is 4.17. The summed E-state index contributed by atoms with van der Waals surface area (Å²) < 4.78 is 12.5. The molecule has 2 aromatic carbocycles. The van der Waals surface area contributed by atoms with E-state index in [1.165, 1.54) is 21.2 Å². The van der Waals surface area contributed by atoms with Gasteiger partial charge in [0.2, 0.25) is 0 Å². The number of nitrogens with one attached hydrogen (secondary N) is 1. The van der Waals surface area contributed by atoms with Crippen LogP contribution in [0.2, 0.25) is 0 Å². The molecule has 2 heterocycles. The van der Waals surface area contributed by atoms with Crippen LogP contribution in [0.1, 0.15) is 23.6 Å². The molecule has 27 heavy (non-hydrogen) atoms. The zero-order valence-electron chi connectivity index (χ0n) is 15.9. The molecule has 1 aliphatic heterocycles. The standard InChI is InChI=1S/C22H26N2O2S/c1-25-16-8-9-18(20(14-16)26-2)22(24-12-5-10-23-11-13-24)19-15-27-21-7-4-3-6-17(19)21/h3-4,6-9,14-15,22-23H,5,10-13H2,1-2H3. The zero-order chi connectivity index (χ0) is 18.6. The third kappa shape index (κ3) is 3.68. The molecular weight excluding hydrogens is 356 g/mol. The maximum absolute atomic E-state index is 5.78. The van der Waals surface area contributed by atoms with E-state index in [9.17, 15) is 0 Å². The molecule has 1 aromatic heterocycles. The molecule has 0 aliphatic carbocycles. The first-order chi connectivity index (χ1) is 13.3. The van der Waals surface area contributed by atoms with Crippen molar-refractivity contribution in [2.45, 2.75) is 12.5 Å². The predicted molar refractivity (Wildman–Crippen MR) is 112 cm³/mol. The lowest BCUT2D eigenvalue weighted by Crippen LogP contribution is -2.33. The number of benzene rings is 2. The topological polar surface area (TPSA) is 33.7 Å². The SMILES string of the molecule is COc1ccc(C(c2csc3ccccc23)N2CCCNCC2)c(OC)c1. The van der Waals surface area contributed by atoms with Crippen molar-refractivity contribution in [2.24, 2.45) is 0 Å². The van der Waals surface area contributed by atoms with Gasteiger partial charge in [0.15, 0.2) is 0 Å². The molecule has 4 nitrogen and oxygen atoms in total. The van der Waals surface area contributed by atoms with Crippen molar-refractivity contribution in [1.82, 2.24) is 10.2 Å². The molecule has 0 saturated carbocycles. The van der Waals surface area contributed by atoms with Crippen LogP contribution in [0.15, 0.2) is 47.8 Å². The van der Waals surface area contributed by atoms with Crippen LogP contribution in [0.5, 0.6) is 11.5 Å². The summed E-state index contributed by atoms with van der Waals surface area (Å²) in [5, 5.41) is 7.18. The molecule has 0 radical (unpaired) electrons. The Bertz CT molecular complexity index is 900. The number of rotatable bonds is 5. The van der Waals surface area contributed by atoms with Crippen LogP contribution in [-0.2, 0) is 0 Å². The third-order valence-corrected chi connectivity index (χ3v) is 6.26. The van der Waals surface area contributed by atoms with E-state index in [4.69, 9.17) is 9.47 Å². The Morgan fingerprint density at radius 2 is 1.89 bits per heavy atom. The quantitative estimate of drug-likeness (QED) is 0.713. The lowest BCUT2D eigenvalue weighted by atomic mass is 9.95. The maximum atomic E-state index is 5.78. The first-order valence-corrected chi connectivity index (χ1v) is 10.3. The third-order valence-electron chi connectivity index (χ3n) is 5.28. The summed E-state index contributed by atoms with van der Waals surface area (Å²) in [4.78, 5) is 2.58. The molecule has 1 saturated heterocycles. The van der Waals surface area contributed by atoms with Crippen molar-refractivity contribution >= 4 is 21.4 Å². The normalized spacial score (nSPS) is 16.8. The Kier molecular flexibility index (Phi) is 5.62. The average Bonchev–Trinajstić information content (AvgIpc) is 2.95. The molecule has 4 rings (SSSR count). The highest BCUT2D eigenvalue weighted by Crippen LogP contribution is 2.41. The first-order valence-electron chi connectivity index (χ1n) is 9.44. The largest absolute Gasteiger partial charge is 0.497 e. The van der Waals surface area contributed by atoms with Crippen molar-refractivity contribution in [3.8, 4) is 11.5 Å². The highest BCUT2D eigenvalue weighted by atomic mass is 32.1. The van der Waals surface area contributed by atoms with Gasteiger partial charge in [0.25, 0.3) is 0 Å². The van der Waals surface area contributed by atoms with E-state index in [2.05, 4.69) is 45.9 Å². The molecule has 1 fully saturated rings. The monoisotopic (exact) mass is 382 g/mol. The summed E-state index contributed by atoms with van der Waals surface area (Å²) in [6, 6.07) is 15.0. The second-order valence-electron chi connectivity index (χ2n) is 6.84. The van der Waals surface area contributed by atoms with Crippen LogP contribution in [0.4, 0.5) is 0 Å². The molecule has 0 amide bonds. The minimum atomic E-state index is 0.168. The number of thiophene rings is 1. The Morgan fingerprint density at radius 3 is 2.74 bits per heavy atom. The van der Waals surface area contributed by atoms with Gasteiger partial charge >= 0.3 is 0 Å². The minimum absolute atomic E-state index is 0.168. The second-order valence-corrected chi connectivity index (χ2v) is 7.75. The fraction of sp³-hybridized carbons (Fsp3) is 0.364. The number of ether oxygens (including phenoxy) is 2. The van der Waals surface area contributed by atoms with Gasteiger partial charge in [-0.3, -0.25) is 4.90 Å². The van der Waals surface area contributed by atoms with Gasteiger partial charge in [-0.15, -0.1) is 11.3 Å². The van der Waals surface area contributed by atoms with E-state index in [1.807, 2.05) is 23.5 Å². The van der Waals surface area contributed by atoms with E-state index in [0.717, 1.165) is 44.1 Å². The molecule has 0 spiro atoms. The summed E-state index contributed by atoms with van der Waals surface area (Å²) in [7, 11) is 3.43. The molecule has 142 valence electrons. The highest BCUT2D eigenvalue weighted by Gasteiger charge is 2.28. The van der Waals surface area contributed by atoms with Gasteiger partial charge in [-0.1, -0.05) is 18.2 Å². The maximum Gasteiger partial charge on any atom is 0.127 e. The highest BCUT2D eigenvalue weighted by molar-refractivity contribution is 7.17. The molecule has 1 aliphatic rings. The van der Waals surface area contributed by atoms with Gasteiger partial charge in [-0.2, -0.15) is 0 Å². The lowest BCUT2D eigenvalue weighted by Gasteiger charge is -2.32. The molecule has 1 unspecified atom stereocenters. The van der Waals surface area contributed by atoms with Crippen molar-refractivity contribution < 1.29 is 9.47 Å². The Hall–Kier alpha value is -2.08. The van der Waals surface area contributed by atoms with Gasteiger partial charge in [-0.05, 0) is 47.5 Å².